The molecule has 3 heteroatoms. The van der Waals surface area contributed by atoms with Crippen molar-refractivity contribution in [3.8, 4) is 0 Å². The largest absolute Gasteiger partial charge is 0.543 e. The van der Waals surface area contributed by atoms with Gasteiger partial charge in [0.15, 0.2) is 0 Å². The van der Waals surface area contributed by atoms with Crippen molar-refractivity contribution in [3.05, 3.63) is 24.5 Å². The Labute approximate surface area is 108 Å². The van der Waals surface area contributed by atoms with E-state index in [1.807, 2.05) is 0 Å². The summed E-state index contributed by atoms with van der Waals surface area (Å²) in [5.41, 5.74) is 1.63. The molecule has 100 valence electrons. The van der Waals surface area contributed by atoms with Gasteiger partial charge in [0, 0.05) is 0 Å². The van der Waals surface area contributed by atoms with Crippen molar-refractivity contribution in [1.29, 1.82) is 0 Å². The lowest BCUT2D eigenvalue weighted by molar-refractivity contribution is 0.340. The van der Waals surface area contributed by atoms with Gasteiger partial charge in [-0.1, -0.05) is 54.2 Å². The Kier molecular flexibility index (Phi) is 6.79. The van der Waals surface area contributed by atoms with Gasteiger partial charge in [-0.2, -0.15) is 0 Å². The molecule has 0 aliphatic heterocycles. The average molecular weight is 256 g/mol. The van der Waals surface area contributed by atoms with E-state index in [4.69, 9.17) is 9.53 Å². The Morgan fingerprint density at radius 1 is 1.12 bits per heavy atom. The molecule has 0 unspecified atom stereocenters. The number of hydrogen-bond donors (Lipinski definition) is 1. The Morgan fingerprint density at radius 3 is 1.82 bits per heavy atom. The minimum absolute atomic E-state index is 0.0297. The van der Waals surface area contributed by atoms with Crippen LogP contribution in [0.1, 0.15) is 41.5 Å². The monoisotopic (exact) mass is 256 g/mol. The fraction of sp³-hybridized carbons (Fsp3) is 0.714. The zero-order chi connectivity index (χ0) is 13.6. The predicted molar refractivity (Wildman–Crippen MR) is 77.5 cm³/mol. The normalized spacial score (nSPS) is 13.1. The summed E-state index contributed by atoms with van der Waals surface area (Å²) in [6.07, 6.45) is 3.44. The van der Waals surface area contributed by atoms with Crippen molar-refractivity contribution in [1.82, 2.24) is 0 Å². The molecule has 0 bridgehead atoms. The third kappa shape index (κ3) is 4.00. The quantitative estimate of drug-likeness (QED) is 0.419. The van der Waals surface area contributed by atoms with Crippen LogP contribution in [-0.2, 0) is 4.43 Å². The molecule has 17 heavy (non-hydrogen) atoms. The zero-order valence-corrected chi connectivity index (χ0v) is 13.2. The second-order valence-corrected chi connectivity index (χ2v) is 10.8. The SMILES string of the molecule is C=C(/C=C/CO)O[Si](C(C)C)(C(C)C)C(C)C. The van der Waals surface area contributed by atoms with E-state index < -0.39 is 8.32 Å². The number of aliphatic hydroxyl groups is 1. The maximum absolute atomic E-state index is 8.77. The molecular formula is C14H28O2Si. The topological polar surface area (TPSA) is 29.5 Å². The molecular weight excluding hydrogens is 228 g/mol. The molecule has 0 aromatic rings. The fourth-order valence-electron chi connectivity index (χ4n) is 2.80. The standard InChI is InChI=1S/C14H28O2Si/c1-11(2)17(12(3)4,13(5)6)16-14(7)9-8-10-15/h8-9,11-13,15H,7,10H2,1-6H3/b9-8+. The maximum Gasteiger partial charge on any atom is 0.258 e. The summed E-state index contributed by atoms with van der Waals surface area (Å²) in [5, 5.41) is 8.77. The van der Waals surface area contributed by atoms with Gasteiger partial charge in [0.05, 0.1) is 12.4 Å². The first-order chi connectivity index (χ1) is 7.78. The van der Waals surface area contributed by atoms with Crippen LogP contribution in [0, 0.1) is 0 Å². The van der Waals surface area contributed by atoms with Crippen LogP contribution in [0.15, 0.2) is 24.5 Å². The highest BCUT2D eigenvalue weighted by Gasteiger charge is 2.46. The van der Waals surface area contributed by atoms with Crippen molar-refractivity contribution in [2.75, 3.05) is 6.61 Å². The molecule has 0 aliphatic carbocycles. The van der Waals surface area contributed by atoms with E-state index in [9.17, 15) is 0 Å². The molecule has 0 atom stereocenters. The Hall–Kier alpha value is -0.543. The molecule has 0 saturated carbocycles. The van der Waals surface area contributed by atoms with Gasteiger partial charge in [-0.25, -0.2) is 0 Å². The first-order valence-corrected chi connectivity index (χ1v) is 8.58. The Morgan fingerprint density at radius 2 is 1.53 bits per heavy atom. The van der Waals surface area contributed by atoms with Crippen molar-refractivity contribution in [2.45, 2.75) is 58.2 Å². The van der Waals surface area contributed by atoms with E-state index in [1.165, 1.54) is 0 Å². The van der Waals surface area contributed by atoms with Gasteiger partial charge in [0.2, 0.25) is 0 Å². The summed E-state index contributed by atoms with van der Waals surface area (Å²) in [6.45, 7) is 17.4. The molecule has 1 N–H and O–H groups in total. The third-order valence-corrected chi connectivity index (χ3v) is 9.45. The van der Waals surface area contributed by atoms with Crippen LogP contribution in [0.5, 0.6) is 0 Å². The van der Waals surface area contributed by atoms with Crippen LogP contribution in [0.2, 0.25) is 16.6 Å². The number of aliphatic hydroxyl groups excluding tert-OH is 1. The summed E-state index contributed by atoms with van der Waals surface area (Å²) < 4.78 is 6.27. The van der Waals surface area contributed by atoms with Crippen molar-refractivity contribution in [3.63, 3.8) is 0 Å². The lowest BCUT2D eigenvalue weighted by Gasteiger charge is -2.42. The minimum atomic E-state index is -1.87. The molecule has 0 rings (SSSR count). The molecule has 0 amide bonds. The second kappa shape index (κ2) is 7.02. The molecule has 0 radical (unpaired) electrons. The molecule has 0 aromatic heterocycles. The number of hydrogen-bond acceptors (Lipinski definition) is 2. The third-order valence-electron chi connectivity index (χ3n) is 3.42. The first kappa shape index (κ1) is 16.5. The molecule has 2 nitrogen and oxygen atoms in total. The molecule has 0 aromatic carbocycles. The summed E-state index contributed by atoms with van der Waals surface area (Å²) in [5.74, 6) is 0.682. The van der Waals surface area contributed by atoms with Gasteiger partial charge >= 0.3 is 0 Å². The highest BCUT2D eigenvalue weighted by molar-refractivity contribution is 6.77. The summed E-state index contributed by atoms with van der Waals surface area (Å²) >= 11 is 0. The zero-order valence-electron chi connectivity index (χ0n) is 12.2. The van der Waals surface area contributed by atoms with E-state index in [0.29, 0.717) is 22.4 Å². The summed E-state index contributed by atoms with van der Waals surface area (Å²) in [7, 11) is -1.87. The van der Waals surface area contributed by atoms with Crippen LogP contribution < -0.4 is 0 Å². The smallest absolute Gasteiger partial charge is 0.258 e. The van der Waals surface area contributed by atoms with Gasteiger partial charge in [-0.05, 0) is 22.7 Å². The second-order valence-electron chi connectivity index (χ2n) is 5.47. The first-order valence-electron chi connectivity index (χ1n) is 6.44. The molecule has 0 spiro atoms. The highest BCUT2D eigenvalue weighted by Crippen LogP contribution is 2.43. The summed E-state index contributed by atoms with van der Waals surface area (Å²) in [6, 6.07) is 0. The average Bonchev–Trinajstić information content (AvgIpc) is 2.21. The molecule has 0 heterocycles. The summed E-state index contributed by atoms with van der Waals surface area (Å²) in [4.78, 5) is 0. The number of allylic oxidation sites excluding steroid dienone is 1. The molecule has 0 fully saturated rings. The number of rotatable bonds is 7. The van der Waals surface area contributed by atoms with Gasteiger partial charge < -0.3 is 9.53 Å². The van der Waals surface area contributed by atoms with Crippen molar-refractivity contribution >= 4 is 8.32 Å². The minimum Gasteiger partial charge on any atom is -0.543 e. The van der Waals surface area contributed by atoms with E-state index in [0.717, 1.165) is 0 Å². The highest BCUT2D eigenvalue weighted by atomic mass is 28.4. The van der Waals surface area contributed by atoms with Gasteiger partial charge in [0.25, 0.3) is 8.32 Å². The Balaban J connectivity index is 5.06. The Bertz CT molecular complexity index is 246. The van der Waals surface area contributed by atoms with Crippen LogP contribution in [-0.4, -0.2) is 20.0 Å². The lowest BCUT2D eigenvalue weighted by atomic mass is 10.5. The van der Waals surface area contributed by atoms with Crippen molar-refractivity contribution in [2.24, 2.45) is 0 Å². The van der Waals surface area contributed by atoms with E-state index in [2.05, 4.69) is 48.1 Å². The van der Waals surface area contributed by atoms with Crippen LogP contribution in [0.4, 0.5) is 0 Å². The van der Waals surface area contributed by atoms with Gasteiger partial charge in [-0.3, -0.25) is 0 Å². The van der Waals surface area contributed by atoms with E-state index >= 15 is 0 Å². The fourth-order valence-corrected chi connectivity index (χ4v) is 8.03. The van der Waals surface area contributed by atoms with Crippen molar-refractivity contribution < 1.29 is 9.53 Å². The van der Waals surface area contributed by atoms with Gasteiger partial charge in [-0.15, -0.1) is 0 Å². The van der Waals surface area contributed by atoms with Crippen LogP contribution in [0.25, 0.3) is 0 Å². The maximum atomic E-state index is 8.77. The van der Waals surface area contributed by atoms with Gasteiger partial charge in [0.1, 0.15) is 0 Å². The predicted octanol–water partition coefficient (Wildman–Crippen LogP) is 4.24. The lowest BCUT2D eigenvalue weighted by Crippen LogP contribution is -2.47. The van der Waals surface area contributed by atoms with Crippen LogP contribution >= 0.6 is 0 Å². The molecule has 0 aliphatic rings. The van der Waals surface area contributed by atoms with E-state index in [-0.39, 0.29) is 6.61 Å². The van der Waals surface area contributed by atoms with Crippen LogP contribution in [0.3, 0.4) is 0 Å². The van der Waals surface area contributed by atoms with E-state index in [1.54, 1.807) is 12.2 Å². The molecule has 0 saturated heterocycles.